The van der Waals surface area contributed by atoms with Crippen molar-refractivity contribution in [1.82, 2.24) is 0 Å². The minimum atomic E-state index is 0.569. The molecule has 0 aliphatic carbocycles. The molecule has 1 heterocycles. The van der Waals surface area contributed by atoms with Crippen LogP contribution >= 0.6 is 43.1 Å². The largest absolute Gasteiger partial charge is 0.234 e. The fourth-order valence-electron chi connectivity index (χ4n) is 4.14. The summed E-state index contributed by atoms with van der Waals surface area (Å²) in [6.07, 6.45) is 0. The van der Waals surface area contributed by atoms with Crippen LogP contribution in [0.15, 0.2) is 143 Å². The SMILES string of the molecule is [Cl][Ni][Cl].c1ccc(-c2ccccc2N=c2sc3ccccc3sc2=Nc2ccccc2-c2ccccc2)cc1. The van der Waals surface area contributed by atoms with Gasteiger partial charge in [0.15, 0.2) is 9.34 Å². The van der Waals surface area contributed by atoms with Crippen LogP contribution in [0.4, 0.5) is 11.4 Å². The molecule has 0 saturated heterocycles. The van der Waals surface area contributed by atoms with E-state index in [1.165, 1.54) is 9.40 Å². The average molecular weight is 628 g/mol. The van der Waals surface area contributed by atoms with Gasteiger partial charge in [-0.3, -0.25) is 0 Å². The van der Waals surface area contributed by atoms with Gasteiger partial charge in [-0.2, -0.15) is 0 Å². The van der Waals surface area contributed by atoms with Crippen molar-refractivity contribution in [1.29, 1.82) is 0 Å². The first-order valence-electron chi connectivity index (χ1n) is 12.0. The molecule has 6 aromatic rings. The van der Waals surface area contributed by atoms with Gasteiger partial charge in [-0.1, -0.05) is 109 Å². The Morgan fingerprint density at radius 2 is 0.769 bits per heavy atom. The molecule has 0 radical (unpaired) electrons. The molecule has 0 aliphatic rings. The summed E-state index contributed by atoms with van der Waals surface area (Å²) in [6.45, 7) is 0. The summed E-state index contributed by atoms with van der Waals surface area (Å²) >= 11 is 3.94. The quantitative estimate of drug-likeness (QED) is 0.174. The maximum absolute atomic E-state index is 5.20. The molecule has 0 fully saturated rings. The van der Waals surface area contributed by atoms with Crippen LogP contribution in [-0.4, -0.2) is 0 Å². The Morgan fingerprint density at radius 3 is 1.18 bits per heavy atom. The summed E-state index contributed by atoms with van der Waals surface area (Å²) in [4.78, 5) is 10.4. The number of fused-ring (bicyclic) bond motifs is 1. The molecule has 0 aliphatic heterocycles. The van der Waals surface area contributed by atoms with E-state index in [1.807, 2.05) is 24.3 Å². The van der Waals surface area contributed by atoms with Gasteiger partial charge < -0.3 is 0 Å². The number of benzene rings is 5. The van der Waals surface area contributed by atoms with E-state index in [-0.39, 0.29) is 0 Å². The molecule has 0 bridgehead atoms. The molecule has 0 saturated carbocycles. The van der Waals surface area contributed by atoms with Crippen LogP contribution in [0.5, 0.6) is 0 Å². The molecular formula is C32H22Cl2N2NiS2. The average Bonchev–Trinajstić information content (AvgIpc) is 2.99. The van der Waals surface area contributed by atoms with Crippen molar-refractivity contribution in [3.8, 4) is 22.3 Å². The molecule has 0 unspecified atom stereocenters. The predicted molar refractivity (Wildman–Crippen MR) is 166 cm³/mol. The topological polar surface area (TPSA) is 24.7 Å². The van der Waals surface area contributed by atoms with Crippen molar-refractivity contribution >= 4 is 63.8 Å². The number of hydrogen-bond donors (Lipinski definition) is 0. The number of para-hydroxylation sites is 2. The van der Waals surface area contributed by atoms with Gasteiger partial charge in [-0.15, -0.1) is 22.7 Å². The van der Waals surface area contributed by atoms with E-state index in [0.29, 0.717) is 12.7 Å². The standard InChI is InChI=1S/C32H22N2S2.2ClH.Ni/c1-3-13-23(14-4-1)25-17-7-9-19-27(25)33-31-32(36-30-22-12-11-21-29(30)35-31)34-28-20-10-8-18-26(28)24-15-5-2-6-16-24;;;/h1-22H;2*1H;/q;;;+2/p-2. The van der Waals surface area contributed by atoms with Crippen LogP contribution in [0.1, 0.15) is 0 Å². The smallest absolute Gasteiger partial charge is 0.153 e. The first-order valence-corrected chi connectivity index (χ1v) is 16.4. The van der Waals surface area contributed by atoms with Crippen molar-refractivity contribution in [2.45, 2.75) is 0 Å². The molecule has 196 valence electrons. The first-order chi connectivity index (χ1) is 19.3. The molecule has 0 amide bonds. The normalized spacial score (nSPS) is 11.8. The summed E-state index contributed by atoms with van der Waals surface area (Å²) in [5.41, 5.74) is 6.40. The monoisotopic (exact) mass is 626 g/mol. The number of nitrogens with zero attached hydrogens (tertiary/aromatic N) is 2. The third-order valence-electron chi connectivity index (χ3n) is 5.87. The molecule has 5 aromatic carbocycles. The zero-order chi connectivity index (χ0) is 26.9. The van der Waals surface area contributed by atoms with Gasteiger partial charge in [0, 0.05) is 20.5 Å². The van der Waals surface area contributed by atoms with Crippen LogP contribution in [0.2, 0.25) is 0 Å². The Kier molecular flexibility index (Phi) is 9.77. The zero-order valence-corrected chi connectivity index (χ0v) is 24.6. The van der Waals surface area contributed by atoms with E-state index in [1.54, 1.807) is 22.7 Å². The van der Waals surface area contributed by atoms with E-state index in [4.69, 9.17) is 30.4 Å². The van der Waals surface area contributed by atoms with Gasteiger partial charge in [0.2, 0.25) is 0 Å². The second-order valence-electron chi connectivity index (χ2n) is 8.30. The molecule has 2 nitrogen and oxygen atoms in total. The van der Waals surface area contributed by atoms with Crippen LogP contribution in [0.3, 0.4) is 0 Å². The van der Waals surface area contributed by atoms with E-state index in [0.717, 1.165) is 43.0 Å². The molecule has 0 atom stereocenters. The van der Waals surface area contributed by atoms with Crippen LogP contribution < -0.4 is 9.34 Å². The summed E-state index contributed by atoms with van der Waals surface area (Å²) in [7, 11) is 9.40. The molecule has 39 heavy (non-hydrogen) atoms. The Morgan fingerprint density at radius 1 is 0.436 bits per heavy atom. The van der Waals surface area contributed by atoms with E-state index >= 15 is 0 Å². The Balaban J connectivity index is 0.000000983. The molecular weight excluding hydrogens is 606 g/mol. The molecule has 6 rings (SSSR count). The minimum Gasteiger partial charge on any atom is -0.234 e. The van der Waals surface area contributed by atoms with Gasteiger partial charge >= 0.3 is 33.0 Å². The van der Waals surface area contributed by atoms with Crippen molar-refractivity contribution < 1.29 is 12.7 Å². The van der Waals surface area contributed by atoms with E-state index in [9.17, 15) is 0 Å². The second-order valence-corrected chi connectivity index (χ2v) is 12.0. The van der Waals surface area contributed by atoms with Crippen molar-refractivity contribution in [3.63, 3.8) is 0 Å². The summed E-state index contributed by atoms with van der Waals surface area (Å²) < 4.78 is 4.22. The summed E-state index contributed by atoms with van der Waals surface area (Å²) in [6, 6.07) is 45.9. The van der Waals surface area contributed by atoms with Gasteiger partial charge in [-0.05, 0) is 35.4 Å². The fourth-order valence-corrected chi connectivity index (χ4v) is 6.24. The molecule has 0 spiro atoms. The molecule has 7 heteroatoms. The third-order valence-corrected chi connectivity index (χ3v) is 8.23. The van der Waals surface area contributed by atoms with E-state index < -0.39 is 0 Å². The van der Waals surface area contributed by atoms with Gasteiger partial charge in [0.05, 0.1) is 11.4 Å². The van der Waals surface area contributed by atoms with Gasteiger partial charge in [0.25, 0.3) is 0 Å². The first kappa shape index (κ1) is 27.5. The van der Waals surface area contributed by atoms with Crippen molar-refractivity contribution in [2.24, 2.45) is 9.98 Å². The van der Waals surface area contributed by atoms with Crippen molar-refractivity contribution in [2.75, 3.05) is 0 Å². The number of halogens is 2. The maximum atomic E-state index is 5.20. The Labute approximate surface area is 250 Å². The third kappa shape index (κ3) is 6.94. The molecule has 1 aromatic heterocycles. The molecule has 0 N–H and O–H groups in total. The zero-order valence-electron chi connectivity index (χ0n) is 20.5. The van der Waals surface area contributed by atoms with Crippen LogP contribution in [-0.2, 0) is 12.7 Å². The van der Waals surface area contributed by atoms with Crippen LogP contribution in [0, 0.1) is 0 Å². The number of hydrogen-bond acceptors (Lipinski definition) is 4. The Bertz CT molecular complexity index is 1680. The minimum absolute atomic E-state index is 0.569. The number of rotatable bonds is 4. The van der Waals surface area contributed by atoms with Crippen LogP contribution in [0.25, 0.3) is 31.7 Å². The fraction of sp³-hybridized carbons (Fsp3) is 0. The predicted octanol–water partition coefficient (Wildman–Crippen LogP) is 10.1. The Hall–Kier alpha value is -3.05. The van der Waals surface area contributed by atoms with E-state index in [2.05, 4.69) is 109 Å². The van der Waals surface area contributed by atoms with Gasteiger partial charge in [-0.25, -0.2) is 9.98 Å². The van der Waals surface area contributed by atoms with Gasteiger partial charge in [0.1, 0.15) is 0 Å². The van der Waals surface area contributed by atoms with Crippen molar-refractivity contribution in [3.05, 3.63) is 143 Å². The second kappa shape index (κ2) is 13.8. The summed E-state index contributed by atoms with van der Waals surface area (Å²) in [5, 5.41) is 0. The maximum Gasteiger partial charge on any atom is 0.153 e. The summed E-state index contributed by atoms with van der Waals surface area (Å²) in [5.74, 6) is 0.